The van der Waals surface area contributed by atoms with Crippen molar-refractivity contribution in [1.82, 2.24) is 0 Å². The summed E-state index contributed by atoms with van der Waals surface area (Å²) >= 11 is 3.95. The second-order valence-corrected chi connectivity index (χ2v) is 3.46. The number of anilines is 1. The van der Waals surface area contributed by atoms with Crippen molar-refractivity contribution in [2.75, 3.05) is 31.9 Å². The number of hydrogen-bond donors (Lipinski definition) is 1. The van der Waals surface area contributed by atoms with Crippen molar-refractivity contribution in [3.8, 4) is 11.5 Å². The molecule has 0 aliphatic heterocycles. The summed E-state index contributed by atoms with van der Waals surface area (Å²) < 4.78 is 10.3. The van der Waals surface area contributed by atoms with Crippen LogP contribution >= 0.6 is 12.6 Å². The first-order valence-electron chi connectivity index (χ1n) is 4.73. The van der Waals surface area contributed by atoms with Crippen molar-refractivity contribution in [2.24, 2.45) is 0 Å². The Morgan fingerprint density at radius 1 is 1.38 bits per heavy atom. The van der Waals surface area contributed by atoms with Gasteiger partial charge in [-0.05, 0) is 12.1 Å². The maximum absolute atomic E-state index is 11.5. The van der Waals surface area contributed by atoms with E-state index in [-0.39, 0.29) is 11.7 Å². The molecule has 88 valence electrons. The van der Waals surface area contributed by atoms with Gasteiger partial charge in [0.2, 0.25) is 5.91 Å². The highest BCUT2D eigenvalue weighted by Crippen LogP contribution is 2.31. The molecule has 0 aliphatic carbocycles. The summed E-state index contributed by atoms with van der Waals surface area (Å²) in [5.41, 5.74) is 0.697. The first-order valence-corrected chi connectivity index (χ1v) is 5.36. The Balaban J connectivity index is 3.08. The Morgan fingerprint density at radius 2 is 2.06 bits per heavy atom. The van der Waals surface area contributed by atoms with Gasteiger partial charge in [-0.1, -0.05) is 0 Å². The molecular weight excluding hydrogens is 226 g/mol. The van der Waals surface area contributed by atoms with E-state index >= 15 is 0 Å². The van der Waals surface area contributed by atoms with Gasteiger partial charge in [-0.3, -0.25) is 4.79 Å². The zero-order valence-electron chi connectivity index (χ0n) is 9.56. The van der Waals surface area contributed by atoms with Crippen molar-refractivity contribution >= 4 is 24.2 Å². The lowest BCUT2D eigenvalue weighted by Gasteiger charge is -2.19. The van der Waals surface area contributed by atoms with Gasteiger partial charge in [0.1, 0.15) is 11.5 Å². The van der Waals surface area contributed by atoms with Crippen LogP contribution in [0.1, 0.15) is 0 Å². The van der Waals surface area contributed by atoms with Crippen LogP contribution in [0, 0.1) is 0 Å². The fourth-order valence-electron chi connectivity index (χ4n) is 1.30. The lowest BCUT2D eigenvalue weighted by molar-refractivity contribution is -0.115. The van der Waals surface area contributed by atoms with Crippen LogP contribution in [-0.2, 0) is 4.79 Å². The minimum atomic E-state index is -0.0909. The Morgan fingerprint density at radius 3 is 2.56 bits per heavy atom. The number of thiol groups is 1. The zero-order valence-corrected chi connectivity index (χ0v) is 10.5. The Hall–Kier alpha value is -1.36. The molecular formula is C11H15NO3S. The van der Waals surface area contributed by atoms with Gasteiger partial charge in [0.25, 0.3) is 0 Å². The predicted octanol–water partition coefficient (Wildman–Crippen LogP) is 1.60. The fourth-order valence-corrected chi connectivity index (χ4v) is 1.51. The van der Waals surface area contributed by atoms with E-state index in [2.05, 4.69) is 12.6 Å². The van der Waals surface area contributed by atoms with Crippen molar-refractivity contribution < 1.29 is 14.3 Å². The molecule has 0 bridgehead atoms. The van der Waals surface area contributed by atoms with E-state index in [1.54, 1.807) is 39.5 Å². The maximum Gasteiger partial charge on any atom is 0.236 e. The highest BCUT2D eigenvalue weighted by atomic mass is 32.1. The van der Waals surface area contributed by atoms with Crippen molar-refractivity contribution in [2.45, 2.75) is 0 Å². The van der Waals surface area contributed by atoms with Crippen LogP contribution in [-0.4, -0.2) is 32.9 Å². The monoisotopic (exact) mass is 241 g/mol. The molecule has 0 saturated carbocycles. The van der Waals surface area contributed by atoms with Gasteiger partial charge >= 0.3 is 0 Å². The lowest BCUT2D eigenvalue weighted by atomic mass is 10.2. The van der Waals surface area contributed by atoms with Gasteiger partial charge in [0.05, 0.1) is 25.7 Å². The van der Waals surface area contributed by atoms with Crippen LogP contribution in [0.25, 0.3) is 0 Å². The van der Waals surface area contributed by atoms with Crippen LogP contribution in [0.4, 0.5) is 5.69 Å². The molecule has 0 spiro atoms. The molecule has 0 aromatic heterocycles. The van der Waals surface area contributed by atoms with Gasteiger partial charge in [0, 0.05) is 13.1 Å². The minimum Gasteiger partial charge on any atom is -0.497 e. The molecule has 0 atom stereocenters. The Kier molecular flexibility index (Phi) is 4.49. The third kappa shape index (κ3) is 2.61. The standard InChI is InChI=1S/C11H15NO3S/c1-12(11(13)7-16)9-5-4-8(14-2)6-10(9)15-3/h4-6,16H,7H2,1-3H3. The van der Waals surface area contributed by atoms with Crippen LogP contribution in [0.15, 0.2) is 18.2 Å². The van der Waals surface area contributed by atoms with E-state index in [0.717, 1.165) is 0 Å². The summed E-state index contributed by atoms with van der Waals surface area (Å²) in [4.78, 5) is 13.0. The second-order valence-electron chi connectivity index (χ2n) is 3.15. The molecule has 1 aromatic carbocycles. The number of carbonyl (C=O) groups excluding carboxylic acids is 1. The Labute approximate surface area is 101 Å². The van der Waals surface area contributed by atoms with E-state index in [1.165, 1.54) is 4.90 Å². The van der Waals surface area contributed by atoms with Crippen LogP contribution in [0.2, 0.25) is 0 Å². The van der Waals surface area contributed by atoms with Gasteiger partial charge in [-0.25, -0.2) is 0 Å². The van der Waals surface area contributed by atoms with Crippen LogP contribution in [0.3, 0.4) is 0 Å². The summed E-state index contributed by atoms with van der Waals surface area (Å²) in [6.07, 6.45) is 0. The molecule has 0 N–H and O–H groups in total. The van der Waals surface area contributed by atoms with Crippen molar-refractivity contribution in [1.29, 1.82) is 0 Å². The number of methoxy groups -OCH3 is 2. The quantitative estimate of drug-likeness (QED) is 0.814. The average molecular weight is 241 g/mol. The number of hydrogen-bond acceptors (Lipinski definition) is 4. The van der Waals surface area contributed by atoms with E-state index in [0.29, 0.717) is 17.2 Å². The topological polar surface area (TPSA) is 38.8 Å². The third-order valence-electron chi connectivity index (χ3n) is 2.26. The molecule has 0 heterocycles. The van der Waals surface area contributed by atoms with Crippen molar-refractivity contribution in [3.05, 3.63) is 18.2 Å². The van der Waals surface area contributed by atoms with Gasteiger partial charge in [-0.15, -0.1) is 0 Å². The van der Waals surface area contributed by atoms with Gasteiger partial charge in [0.15, 0.2) is 0 Å². The van der Waals surface area contributed by atoms with Gasteiger partial charge < -0.3 is 14.4 Å². The van der Waals surface area contributed by atoms with Gasteiger partial charge in [-0.2, -0.15) is 12.6 Å². The molecule has 0 radical (unpaired) electrons. The number of rotatable bonds is 4. The van der Waals surface area contributed by atoms with E-state index in [9.17, 15) is 4.79 Å². The molecule has 1 rings (SSSR count). The summed E-state index contributed by atoms with van der Waals surface area (Å²) in [6.45, 7) is 0. The summed E-state index contributed by atoms with van der Waals surface area (Å²) in [5, 5.41) is 0. The third-order valence-corrected chi connectivity index (χ3v) is 2.53. The molecule has 1 amide bonds. The molecule has 5 heteroatoms. The summed E-state index contributed by atoms with van der Waals surface area (Å²) in [5.74, 6) is 1.35. The number of nitrogens with zero attached hydrogens (tertiary/aromatic N) is 1. The summed E-state index contributed by atoms with van der Waals surface area (Å²) in [6, 6.07) is 5.29. The SMILES string of the molecule is COc1ccc(N(C)C(=O)CS)c(OC)c1. The van der Waals surface area contributed by atoms with Crippen LogP contribution in [0.5, 0.6) is 11.5 Å². The molecule has 0 aliphatic rings. The minimum absolute atomic E-state index is 0.0909. The number of ether oxygens (including phenoxy) is 2. The first kappa shape index (κ1) is 12.7. The number of benzene rings is 1. The zero-order chi connectivity index (χ0) is 12.1. The molecule has 0 saturated heterocycles. The van der Waals surface area contributed by atoms with Crippen LogP contribution < -0.4 is 14.4 Å². The second kappa shape index (κ2) is 5.65. The molecule has 4 nitrogen and oxygen atoms in total. The normalized spacial score (nSPS) is 9.75. The molecule has 0 unspecified atom stereocenters. The largest absolute Gasteiger partial charge is 0.497 e. The first-order chi connectivity index (χ1) is 7.63. The van der Waals surface area contributed by atoms with E-state index < -0.39 is 0 Å². The fraction of sp³-hybridized carbons (Fsp3) is 0.364. The maximum atomic E-state index is 11.5. The molecule has 1 aromatic rings. The predicted molar refractivity (Wildman–Crippen MR) is 66.8 cm³/mol. The molecule has 16 heavy (non-hydrogen) atoms. The lowest BCUT2D eigenvalue weighted by Crippen LogP contribution is -2.27. The smallest absolute Gasteiger partial charge is 0.236 e. The number of carbonyl (C=O) groups is 1. The number of amides is 1. The highest BCUT2D eigenvalue weighted by Gasteiger charge is 2.14. The highest BCUT2D eigenvalue weighted by molar-refractivity contribution is 7.81. The van der Waals surface area contributed by atoms with E-state index in [4.69, 9.17) is 9.47 Å². The average Bonchev–Trinajstić information content (AvgIpc) is 2.35. The van der Waals surface area contributed by atoms with E-state index in [1.807, 2.05) is 0 Å². The van der Waals surface area contributed by atoms with Crippen molar-refractivity contribution in [3.63, 3.8) is 0 Å². The Bertz CT molecular complexity index is 381. The summed E-state index contributed by atoms with van der Waals surface area (Å²) in [7, 11) is 4.82. The molecule has 0 fully saturated rings.